The van der Waals surface area contributed by atoms with E-state index in [1.807, 2.05) is 0 Å². The predicted molar refractivity (Wildman–Crippen MR) is 60.8 cm³/mol. The smallest absolute Gasteiger partial charge is 0.229 e. The van der Waals surface area contributed by atoms with Crippen molar-refractivity contribution in [3.8, 4) is 0 Å². The van der Waals surface area contributed by atoms with Crippen molar-refractivity contribution in [2.24, 2.45) is 5.92 Å². The van der Waals surface area contributed by atoms with E-state index >= 15 is 0 Å². The van der Waals surface area contributed by atoms with Crippen LogP contribution in [-0.4, -0.2) is 48.3 Å². The highest BCUT2D eigenvalue weighted by molar-refractivity contribution is 5.97. The van der Waals surface area contributed by atoms with Gasteiger partial charge in [-0.15, -0.1) is 0 Å². The normalized spacial score (nSPS) is 27.8. The summed E-state index contributed by atoms with van der Waals surface area (Å²) in [5.74, 6) is 0.720. The summed E-state index contributed by atoms with van der Waals surface area (Å²) in [6, 6.07) is 0. The van der Waals surface area contributed by atoms with Gasteiger partial charge in [0.2, 0.25) is 11.8 Å². The molecule has 4 nitrogen and oxygen atoms in total. The van der Waals surface area contributed by atoms with Gasteiger partial charge in [0, 0.05) is 25.9 Å². The first-order chi connectivity index (χ1) is 7.66. The minimum atomic E-state index is 0.0302. The van der Waals surface area contributed by atoms with Crippen LogP contribution in [0.4, 0.5) is 0 Å². The molecular formula is C12H20N2O2. The highest BCUT2D eigenvalue weighted by Gasteiger charge is 2.27. The van der Waals surface area contributed by atoms with Crippen molar-refractivity contribution in [3.63, 3.8) is 0 Å². The largest absolute Gasteiger partial charge is 0.306 e. The summed E-state index contributed by atoms with van der Waals surface area (Å²) in [6.45, 7) is 2.89. The molecule has 16 heavy (non-hydrogen) atoms. The van der Waals surface area contributed by atoms with E-state index < -0.39 is 0 Å². The Labute approximate surface area is 96.6 Å². The Kier molecular flexibility index (Phi) is 3.59. The summed E-state index contributed by atoms with van der Waals surface area (Å²) >= 11 is 0. The molecule has 0 spiro atoms. The number of piperidine rings is 1. The minimum absolute atomic E-state index is 0.0302. The zero-order valence-corrected chi connectivity index (χ0v) is 9.95. The van der Waals surface area contributed by atoms with Crippen molar-refractivity contribution in [1.82, 2.24) is 9.80 Å². The number of imide groups is 1. The predicted octanol–water partition coefficient (Wildman–Crippen LogP) is 0.867. The summed E-state index contributed by atoms with van der Waals surface area (Å²) < 4.78 is 0. The zero-order chi connectivity index (χ0) is 11.5. The van der Waals surface area contributed by atoms with Gasteiger partial charge in [-0.1, -0.05) is 0 Å². The highest BCUT2D eigenvalue weighted by Crippen LogP contribution is 2.20. The second kappa shape index (κ2) is 4.95. The molecule has 0 radical (unpaired) electrons. The van der Waals surface area contributed by atoms with Crippen molar-refractivity contribution >= 4 is 11.8 Å². The molecule has 2 aliphatic heterocycles. The van der Waals surface area contributed by atoms with E-state index in [0.717, 1.165) is 25.9 Å². The van der Waals surface area contributed by atoms with Gasteiger partial charge in [-0.3, -0.25) is 14.5 Å². The molecule has 90 valence electrons. The standard InChI is InChI=1S/C12H20N2O2/c1-13-7-5-10(9-13)6-8-14-11(15)3-2-4-12(14)16/h10H,2-9H2,1H3. The van der Waals surface area contributed by atoms with Crippen LogP contribution in [0.15, 0.2) is 0 Å². The summed E-state index contributed by atoms with van der Waals surface area (Å²) in [4.78, 5) is 26.9. The molecule has 0 N–H and O–H groups in total. The Morgan fingerprint density at radius 2 is 1.94 bits per heavy atom. The highest BCUT2D eigenvalue weighted by atomic mass is 16.2. The van der Waals surface area contributed by atoms with Crippen LogP contribution in [0.5, 0.6) is 0 Å². The molecule has 2 amide bonds. The van der Waals surface area contributed by atoms with Crippen LogP contribution >= 0.6 is 0 Å². The van der Waals surface area contributed by atoms with Crippen LogP contribution in [0.2, 0.25) is 0 Å². The molecule has 0 aromatic heterocycles. The van der Waals surface area contributed by atoms with Gasteiger partial charge < -0.3 is 4.90 Å². The minimum Gasteiger partial charge on any atom is -0.306 e. The average molecular weight is 224 g/mol. The fourth-order valence-corrected chi connectivity index (χ4v) is 2.62. The number of nitrogens with zero attached hydrogens (tertiary/aromatic N) is 2. The maximum atomic E-state index is 11.6. The molecule has 0 bridgehead atoms. The Hall–Kier alpha value is -0.900. The lowest BCUT2D eigenvalue weighted by atomic mass is 10.0. The number of rotatable bonds is 3. The third-order valence-electron chi connectivity index (χ3n) is 3.63. The van der Waals surface area contributed by atoms with Crippen LogP contribution in [0, 0.1) is 5.92 Å². The lowest BCUT2D eigenvalue weighted by molar-refractivity contribution is -0.148. The molecule has 0 aromatic rings. The lowest BCUT2D eigenvalue weighted by Gasteiger charge is -2.25. The van der Waals surface area contributed by atoms with Crippen LogP contribution in [0.3, 0.4) is 0 Å². The Morgan fingerprint density at radius 3 is 2.50 bits per heavy atom. The molecule has 2 heterocycles. The SMILES string of the molecule is CN1CCC(CCN2C(=O)CCCC2=O)C1. The van der Waals surface area contributed by atoms with Crippen molar-refractivity contribution in [2.45, 2.75) is 32.1 Å². The topological polar surface area (TPSA) is 40.6 Å². The van der Waals surface area contributed by atoms with Gasteiger partial charge in [0.15, 0.2) is 0 Å². The molecule has 1 atom stereocenters. The van der Waals surface area contributed by atoms with E-state index in [0.29, 0.717) is 25.3 Å². The molecule has 2 rings (SSSR count). The number of amides is 2. The van der Waals surface area contributed by atoms with E-state index in [4.69, 9.17) is 0 Å². The quantitative estimate of drug-likeness (QED) is 0.668. The van der Waals surface area contributed by atoms with Crippen molar-refractivity contribution in [3.05, 3.63) is 0 Å². The second-order valence-electron chi connectivity index (χ2n) is 5.00. The van der Waals surface area contributed by atoms with Gasteiger partial charge >= 0.3 is 0 Å². The number of hydrogen-bond acceptors (Lipinski definition) is 3. The van der Waals surface area contributed by atoms with Crippen LogP contribution in [-0.2, 0) is 9.59 Å². The summed E-state index contributed by atoms with van der Waals surface area (Å²) in [6.07, 6.45) is 4.02. The Bertz CT molecular complexity index is 275. The van der Waals surface area contributed by atoms with Crippen LogP contribution in [0.1, 0.15) is 32.1 Å². The summed E-state index contributed by atoms with van der Waals surface area (Å²) in [7, 11) is 2.12. The van der Waals surface area contributed by atoms with Crippen molar-refractivity contribution < 1.29 is 9.59 Å². The number of carbonyl (C=O) groups excluding carboxylic acids is 2. The fraction of sp³-hybridized carbons (Fsp3) is 0.833. The van der Waals surface area contributed by atoms with Gasteiger partial charge in [-0.25, -0.2) is 0 Å². The zero-order valence-electron chi connectivity index (χ0n) is 9.95. The molecule has 0 saturated carbocycles. The first-order valence-corrected chi connectivity index (χ1v) is 6.18. The Morgan fingerprint density at radius 1 is 1.25 bits per heavy atom. The number of carbonyl (C=O) groups is 2. The van der Waals surface area contributed by atoms with Crippen molar-refractivity contribution in [2.75, 3.05) is 26.7 Å². The van der Waals surface area contributed by atoms with Gasteiger partial charge in [0.05, 0.1) is 0 Å². The summed E-state index contributed by atoms with van der Waals surface area (Å²) in [5.41, 5.74) is 0. The van der Waals surface area contributed by atoms with E-state index in [-0.39, 0.29) is 11.8 Å². The van der Waals surface area contributed by atoms with Gasteiger partial charge in [0.1, 0.15) is 0 Å². The lowest BCUT2D eigenvalue weighted by Crippen LogP contribution is -2.41. The van der Waals surface area contributed by atoms with Crippen LogP contribution in [0.25, 0.3) is 0 Å². The molecule has 0 aliphatic carbocycles. The van der Waals surface area contributed by atoms with E-state index in [2.05, 4.69) is 11.9 Å². The molecule has 2 saturated heterocycles. The maximum Gasteiger partial charge on any atom is 0.229 e. The summed E-state index contributed by atoms with van der Waals surface area (Å²) in [5, 5.41) is 0. The molecule has 4 heteroatoms. The number of hydrogen-bond donors (Lipinski definition) is 0. The first kappa shape index (κ1) is 11.6. The average Bonchev–Trinajstić information content (AvgIpc) is 2.63. The number of likely N-dealkylation sites (tertiary alicyclic amines) is 2. The third-order valence-corrected chi connectivity index (χ3v) is 3.63. The monoisotopic (exact) mass is 224 g/mol. The van der Waals surface area contributed by atoms with Gasteiger partial charge in [-0.05, 0) is 38.8 Å². The van der Waals surface area contributed by atoms with Gasteiger partial charge in [-0.2, -0.15) is 0 Å². The first-order valence-electron chi connectivity index (χ1n) is 6.18. The molecule has 2 aliphatic rings. The van der Waals surface area contributed by atoms with E-state index in [9.17, 15) is 9.59 Å². The van der Waals surface area contributed by atoms with E-state index in [1.54, 1.807) is 0 Å². The fourth-order valence-electron chi connectivity index (χ4n) is 2.62. The van der Waals surface area contributed by atoms with Gasteiger partial charge in [0.25, 0.3) is 0 Å². The molecular weight excluding hydrogens is 204 g/mol. The van der Waals surface area contributed by atoms with Crippen LogP contribution < -0.4 is 0 Å². The molecule has 2 fully saturated rings. The van der Waals surface area contributed by atoms with Crippen molar-refractivity contribution in [1.29, 1.82) is 0 Å². The second-order valence-corrected chi connectivity index (χ2v) is 5.00. The molecule has 0 aromatic carbocycles. The van der Waals surface area contributed by atoms with E-state index in [1.165, 1.54) is 11.3 Å². The molecule has 1 unspecified atom stereocenters. The third kappa shape index (κ3) is 2.61. The Balaban J connectivity index is 1.80. The maximum absolute atomic E-state index is 11.6.